The van der Waals surface area contributed by atoms with Gasteiger partial charge in [0, 0.05) is 11.5 Å². The molecule has 15 heavy (non-hydrogen) atoms. The van der Waals surface area contributed by atoms with Crippen LogP contribution in [-0.2, 0) is 0 Å². The van der Waals surface area contributed by atoms with E-state index in [1.54, 1.807) is 7.11 Å². The molecule has 0 aliphatic rings. The van der Waals surface area contributed by atoms with Crippen molar-refractivity contribution in [3.63, 3.8) is 0 Å². The van der Waals surface area contributed by atoms with E-state index in [1.165, 1.54) is 0 Å². The molecule has 1 aromatic rings. The summed E-state index contributed by atoms with van der Waals surface area (Å²) < 4.78 is 5.31. The summed E-state index contributed by atoms with van der Waals surface area (Å²) in [6.07, 6.45) is 0. The molecule has 0 amide bonds. The first kappa shape index (κ1) is 12.0. The summed E-state index contributed by atoms with van der Waals surface area (Å²) in [6, 6.07) is 7.87. The molecule has 0 aliphatic carbocycles. The molecule has 2 nitrogen and oxygen atoms in total. The number of ether oxygens (including phenoxy) is 1. The van der Waals surface area contributed by atoms with Crippen LogP contribution < -0.4 is 10.5 Å². The second-order valence-corrected chi connectivity index (χ2v) is 4.34. The number of rotatable bonds is 4. The molecule has 3 heteroatoms. The van der Waals surface area contributed by atoms with E-state index in [0.29, 0.717) is 10.9 Å². The van der Waals surface area contributed by atoms with Crippen LogP contribution in [0.15, 0.2) is 24.3 Å². The Balaban J connectivity index is 3.16. The fourth-order valence-corrected chi connectivity index (χ4v) is 2.16. The van der Waals surface area contributed by atoms with Gasteiger partial charge in [-0.1, -0.05) is 44.3 Å². The first-order valence-electron chi connectivity index (χ1n) is 5.00. The summed E-state index contributed by atoms with van der Waals surface area (Å²) in [7, 11) is 1.66. The molecule has 82 valence electrons. The fourth-order valence-electron chi connectivity index (χ4n) is 1.76. The number of hydrogen-bond acceptors (Lipinski definition) is 2. The maximum Gasteiger partial charge on any atom is 0.122 e. The maximum absolute atomic E-state index is 5.77. The highest BCUT2D eigenvalue weighted by Gasteiger charge is 2.21. The van der Waals surface area contributed by atoms with Gasteiger partial charge in [0.05, 0.1) is 12.1 Å². The highest BCUT2D eigenvalue weighted by atomic mass is 32.1. The van der Waals surface area contributed by atoms with Crippen LogP contribution >= 0.6 is 12.2 Å². The Labute approximate surface area is 96.4 Å². The number of para-hydroxylation sites is 1. The molecule has 1 rings (SSSR count). The molecular weight excluding hydrogens is 206 g/mol. The van der Waals surface area contributed by atoms with Crippen molar-refractivity contribution in [2.24, 2.45) is 11.7 Å². The molecule has 0 aliphatic heterocycles. The minimum Gasteiger partial charge on any atom is -0.496 e. The molecule has 0 saturated heterocycles. The lowest BCUT2D eigenvalue weighted by Crippen LogP contribution is -2.24. The average molecular weight is 223 g/mol. The number of thiocarbonyl (C=S) groups is 1. The van der Waals surface area contributed by atoms with Gasteiger partial charge < -0.3 is 10.5 Å². The zero-order valence-corrected chi connectivity index (χ0v) is 10.2. The Morgan fingerprint density at radius 2 is 1.93 bits per heavy atom. The fraction of sp³-hybridized carbons (Fsp3) is 0.417. The molecule has 0 fully saturated rings. The molecule has 1 aromatic carbocycles. The van der Waals surface area contributed by atoms with Crippen molar-refractivity contribution in [2.45, 2.75) is 19.8 Å². The summed E-state index contributed by atoms with van der Waals surface area (Å²) in [6.45, 7) is 4.21. The minimum absolute atomic E-state index is 0.0798. The van der Waals surface area contributed by atoms with E-state index in [1.807, 2.05) is 24.3 Å². The van der Waals surface area contributed by atoms with Crippen LogP contribution in [0, 0.1) is 5.92 Å². The van der Waals surface area contributed by atoms with Gasteiger partial charge in [-0.2, -0.15) is 0 Å². The Hall–Kier alpha value is -1.09. The summed E-state index contributed by atoms with van der Waals surface area (Å²) >= 11 is 5.10. The highest BCUT2D eigenvalue weighted by molar-refractivity contribution is 7.80. The quantitative estimate of drug-likeness (QED) is 0.797. The molecular formula is C12H17NOS. The lowest BCUT2D eigenvalue weighted by molar-refractivity contribution is 0.404. The second kappa shape index (κ2) is 5.12. The zero-order valence-electron chi connectivity index (χ0n) is 9.36. The lowest BCUT2D eigenvalue weighted by atomic mass is 9.88. The number of methoxy groups -OCH3 is 1. The van der Waals surface area contributed by atoms with Crippen LogP contribution in [0.4, 0.5) is 0 Å². The minimum atomic E-state index is 0.0798. The predicted molar refractivity (Wildman–Crippen MR) is 67.4 cm³/mol. The van der Waals surface area contributed by atoms with Crippen LogP contribution in [0.1, 0.15) is 25.3 Å². The molecule has 0 bridgehead atoms. The third-order valence-electron chi connectivity index (χ3n) is 2.45. The number of hydrogen-bond donors (Lipinski definition) is 1. The third-order valence-corrected chi connectivity index (χ3v) is 2.70. The van der Waals surface area contributed by atoms with Crippen LogP contribution in [-0.4, -0.2) is 12.1 Å². The van der Waals surface area contributed by atoms with Crippen molar-refractivity contribution in [1.82, 2.24) is 0 Å². The zero-order chi connectivity index (χ0) is 11.4. The van der Waals surface area contributed by atoms with Crippen LogP contribution in [0.3, 0.4) is 0 Å². The molecule has 1 atom stereocenters. The molecule has 0 aromatic heterocycles. The topological polar surface area (TPSA) is 35.2 Å². The van der Waals surface area contributed by atoms with Crippen molar-refractivity contribution >= 4 is 17.2 Å². The Morgan fingerprint density at radius 1 is 1.33 bits per heavy atom. The van der Waals surface area contributed by atoms with Gasteiger partial charge in [-0.15, -0.1) is 0 Å². The number of nitrogens with two attached hydrogens (primary N) is 1. The van der Waals surface area contributed by atoms with Gasteiger partial charge >= 0.3 is 0 Å². The van der Waals surface area contributed by atoms with Crippen molar-refractivity contribution in [3.05, 3.63) is 29.8 Å². The summed E-state index contributed by atoms with van der Waals surface area (Å²) in [5.41, 5.74) is 6.84. The van der Waals surface area contributed by atoms with Crippen LogP contribution in [0.2, 0.25) is 0 Å². The molecule has 2 N–H and O–H groups in total. The van der Waals surface area contributed by atoms with Gasteiger partial charge in [0.1, 0.15) is 5.75 Å². The summed E-state index contributed by atoms with van der Waals surface area (Å²) in [5.74, 6) is 1.30. The van der Waals surface area contributed by atoms with E-state index < -0.39 is 0 Å². The van der Waals surface area contributed by atoms with Crippen molar-refractivity contribution in [1.29, 1.82) is 0 Å². The average Bonchev–Trinajstić information content (AvgIpc) is 2.17. The smallest absolute Gasteiger partial charge is 0.122 e. The first-order valence-corrected chi connectivity index (χ1v) is 5.41. The van der Waals surface area contributed by atoms with Gasteiger partial charge in [0.15, 0.2) is 0 Å². The first-order chi connectivity index (χ1) is 7.07. The van der Waals surface area contributed by atoms with E-state index >= 15 is 0 Å². The SMILES string of the molecule is COc1ccccc1C(C(N)=S)C(C)C. The monoisotopic (exact) mass is 223 g/mol. The summed E-state index contributed by atoms with van der Waals surface area (Å²) in [5, 5.41) is 0. The van der Waals surface area contributed by atoms with Crippen molar-refractivity contribution in [2.75, 3.05) is 7.11 Å². The molecule has 0 spiro atoms. The summed E-state index contributed by atoms with van der Waals surface area (Å²) in [4.78, 5) is 0.523. The van der Waals surface area contributed by atoms with Gasteiger partial charge in [0.2, 0.25) is 0 Å². The second-order valence-electron chi connectivity index (χ2n) is 3.87. The van der Waals surface area contributed by atoms with Gasteiger partial charge in [-0.05, 0) is 12.0 Å². The molecule has 0 radical (unpaired) electrons. The van der Waals surface area contributed by atoms with E-state index in [4.69, 9.17) is 22.7 Å². The van der Waals surface area contributed by atoms with Crippen molar-refractivity contribution in [3.8, 4) is 5.75 Å². The molecule has 1 unspecified atom stereocenters. The van der Waals surface area contributed by atoms with E-state index in [2.05, 4.69) is 13.8 Å². The Kier molecular flexibility index (Phi) is 4.09. The van der Waals surface area contributed by atoms with Crippen LogP contribution in [0.25, 0.3) is 0 Å². The Morgan fingerprint density at radius 3 is 2.40 bits per heavy atom. The number of benzene rings is 1. The standard InChI is InChI=1S/C12H17NOS/c1-8(2)11(12(13)15)9-6-4-5-7-10(9)14-3/h4-8,11H,1-3H3,(H2,13,15). The van der Waals surface area contributed by atoms with E-state index in [0.717, 1.165) is 11.3 Å². The molecule has 0 saturated carbocycles. The largest absolute Gasteiger partial charge is 0.496 e. The van der Waals surface area contributed by atoms with E-state index in [-0.39, 0.29) is 5.92 Å². The van der Waals surface area contributed by atoms with Gasteiger partial charge in [0.25, 0.3) is 0 Å². The van der Waals surface area contributed by atoms with Gasteiger partial charge in [-0.3, -0.25) is 0 Å². The van der Waals surface area contributed by atoms with E-state index in [9.17, 15) is 0 Å². The van der Waals surface area contributed by atoms with Crippen molar-refractivity contribution < 1.29 is 4.74 Å². The predicted octanol–water partition coefficient (Wildman–Crippen LogP) is 2.72. The third kappa shape index (κ3) is 2.69. The highest BCUT2D eigenvalue weighted by Crippen LogP contribution is 2.31. The van der Waals surface area contributed by atoms with Gasteiger partial charge in [-0.25, -0.2) is 0 Å². The lowest BCUT2D eigenvalue weighted by Gasteiger charge is -2.21. The Bertz CT molecular complexity index is 349. The maximum atomic E-state index is 5.77. The molecule has 0 heterocycles. The van der Waals surface area contributed by atoms with Crippen LogP contribution in [0.5, 0.6) is 5.75 Å². The normalized spacial score (nSPS) is 12.5.